The fourth-order valence-corrected chi connectivity index (χ4v) is 4.04. The average molecular weight is 441 g/mol. The molecular formula is C17H30Cl2N4O3S. The molecule has 10 heteroatoms. The number of piperazine rings is 1. The molecule has 2 N–H and O–H groups in total. The number of sulfonamides is 1. The first-order valence-electron chi connectivity index (χ1n) is 8.56. The van der Waals surface area contributed by atoms with Crippen molar-refractivity contribution < 1.29 is 13.2 Å². The predicted molar refractivity (Wildman–Crippen MR) is 112 cm³/mol. The van der Waals surface area contributed by atoms with Crippen molar-refractivity contribution in [1.82, 2.24) is 19.8 Å². The van der Waals surface area contributed by atoms with Crippen molar-refractivity contribution >= 4 is 40.7 Å². The quantitative estimate of drug-likeness (QED) is 0.657. The number of carbonyl (C=O) groups is 1. The second-order valence-corrected chi connectivity index (χ2v) is 8.43. The van der Waals surface area contributed by atoms with Crippen LogP contribution in [0.1, 0.15) is 12.5 Å². The molecule has 0 aliphatic carbocycles. The van der Waals surface area contributed by atoms with E-state index in [2.05, 4.69) is 10.6 Å². The van der Waals surface area contributed by atoms with Gasteiger partial charge in [-0.2, -0.15) is 4.31 Å². The summed E-state index contributed by atoms with van der Waals surface area (Å²) in [5, 5.41) is 5.94. The van der Waals surface area contributed by atoms with Crippen LogP contribution in [-0.2, 0) is 14.8 Å². The van der Waals surface area contributed by atoms with Gasteiger partial charge in [-0.1, -0.05) is 17.7 Å². The van der Waals surface area contributed by atoms with Crippen molar-refractivity contribution in [2.75, 3.05) is 46.3 Å². The van der Waals surface area contributed by atoms with Crippen LogP contribution >= 0.6 is 24.8 Å². The maximum atomic E-state index is 12.7. The highest BCUT2D eigenvalue weighted by atomic mass is 35.5. The number of carbonyl (C=O) groups excluding carboxylic acids is 1. The molecule has 1 heterocycles. The van der Waals surface area contributed by atoms with Gasteiger partial charge in [0.2, 0.25) is 15.9 Å². The van der Waals surface area contributed by atoms with Gasteiger partial charge in [-0.25, -0.2) is 8.42 Å². The molecule has 156 valence electrons. The van der Waals surface area contributed by atoms with Crippen LogP contribution in [0.15, 0.2) is 29.2 Å². The summed E-state index contributed by atoms with van der Waals surface area (Å²) in [6.45, 7) is 6.71. The van der Waals surface area contributed by atoms with Crippen molar-refractivity contribution in [3.8, 4) is 0 Å². The summed E-state index contributed by atoms with van der Waals surface area (Å²) >= 11 is 0. The minimum Gasteiger partial charge on any atom is -0.353 e. The Hall–Kier alpha value is -0.900. The smallest absolute Gasteiger partial charge is 0.243 e. The summed E-state index contributed by atoms with van der Waals surface area (Å²) in [6, 6.07) is 7.13. The number of amides is 1. The van der Waals surface area contributed by atoms with Crippen LogP contribution in [0.2, 0.25) is 0 Å². The van der Waals surface area contributed by atoms with Gasteiger partial charge in [0.15, 0.2) is 0 Å². The van der Waals surface area contributed by atoms with Crippen LogP contribution < -0.4 is 10.6 Å². The molecule has 7 nitrogen and oxygen atoms in total. The van der Waals surface area contributed by atoms with E-state index in [1.807, 2.05) is 25.8 Å². The van der Waals surface area contributed by atoms with Gasteiger partial charge in [-0.3, -0.25) is 9.69 Å². The molecule has 0 aromatic heterocycles. The van der Waals surface area contributed by atoms with Gasteiger partial charge in [0.05, 0.1) is 11.4 Å². The number of likely N-dealkylation sites (N-methyl/N-ethyl adjacent to an activating group) is 1. The van der Waals surface area contributed by atoms with Crippen LogP contribution in [0.4, 0.5) is 0 Å². The molecule has 1 aliphatic heterocycles. The van der Waals surface area contributed by atoms with Crippen molar-refractivity contribution in [3.63, 3.8) is 0 Å². The summed E-state index contributed by atoms with van der Waals surface area (Å²) in [6.07, 6.45) is 0. The van der Waals surface area contributed by atoms with E-state index in [4.69, 9.17) is 0 Å². The highest BCUT2D eigenvalue weighted by Gasteiger charge is 2.28. The van der Waals surface area contributed by atoms with E-state index in [9.17, 15) is 13.2 Å². The number of nitrogens with one attached hydrogen (secondary N) is 2. The maximum absolute atomic E-state index is 12.7. The third-order valence-electron chi connectivity index (χ3n) is 4.46. The summed E-state index contributed by atoms with van der Waals surface area (Å²) in [5.74, 6) is -0.0306. The first-order valence-corrected chi connectivity index (χ1v) is 10.00. The second-order valence-electron chi connectivity index (χ2n) is 6.49. The first kappa shape index (κ1) is 26.1. The average Bonchev–Trinajstić information content (AvgIpc) is 2.60. The zero-order chi connectivity index (χ0) is 18.4. The molecule has 1 aromatic carbocycles. The molecule has 0 saturated carbocycles. The van der Waals surface area contributed by atoms with E-state index in [1.165, 1.54) is 4.31 Å². The van der Waals surface area contributed by atoms with Gasteiger partial charge in [0, 0.05) is 38.8 Å². The summed E-state index contributed by atoms with van der Waals surface area (Å²) in [5.41, 5.74) is 1.03. The van der Waals surface area contributed by atoms with E-state index in [-0.39, 0.29) is 36.8 Å². The fraction of sp³-hybridized carbons (Fsp3) is 0.588. The second kappa shape index (κ2) is 11.8. The molecule has 27 heavy (non-hydrogen) atoms. The Balaban J connectivity index is 0.00000338. The van der Waals surface area contributed by atoms with Crippen LogP contribution in [0.25, 0.3) is 0 Å². The molecule has 0 bridgehead atoms. The number of benzene rings is 1. The van der Waals surface area contributed by atoms with Crippen LogP contribution in [-0.4, -0.2) is 75.9 Å². The Bertz CT molecular complexity index is 678. The number of hydrogen-bond acceptors (Lipinski definition) is 5. The highest BCUT2D eigenvalue weighted by Crippen LogP contribution is 2.18. The molecular weight excluding hydrogens is 411 g/mol. The van der Waals surface area contributed by atoms with Gasteiger partial charge < -0.3 is 10.6 Å². The lowest BCUT2D eigenvalue weighted by atomic mass is 10.2. The minimum atomic E-state index is -3.46. The lowest BCUT2D eigenvalue weighted by Crippen LogP contribution is -2.51. The number of halogens is 2. The summed E-state index contributed by atoms with van der Waals surface area (Å²) in [4.78, 5) is 14.3. The molecule has 1 aliphatic rings. The molecule has 0 radical (unpaired) electrons. The molecule has 1 saturated heterocycles. The summed E-state index contributed by atoms with van der Waals surface area (Å²) < 4.78 is 26.8. The Morgan fingerprint density at radius 2 is 1.67 bits per heavy atom. The molecule has 1 atom stereocenters. The van der Waals surface area contributed by atoms with E-state index < -0.39 is 10.0 Å². The van der Waals surface area contributed by atoms with Gasteiger partial charge in [0.1, 0.15) is 0 Å². The van der Waals surface area contributed by atoms with E-state index in [1.54, 1.807) is 24.3 Å². The van der Waals surface area contributed by atoms with Crippen LogP contribution in [0, 0.1) is 6.92 Å². The van der Waals surface area contributed by atoms with Crippen molar-refractivity contribution in [3.05, 3.63) is 29.8 Å². The zero-order valence-electron chi connectivity index (χ0n) is 16.0. The monoisotopic (exact) mass is 440 g/mol. The first-order chi connectivity index (χ1) is 11.8. The normalized spacial score (nSPS) is 16.7. The van der Waals surface area contributed by atoms with Gasteiger partial charge >= 0.3 is 0 Å². The van der Waals surface area contributed by atoms with Gasteiger partial charge in [0.25, 0.3) is 0 Å². The molecule has 0 spiro atoms. The van der Waals surface area contributed by atoms with Gasteiger partial charge in [-0.15, -0.1) is 24.8 Å². The maximum Gasteiger partial charge on any atom is 0.243 e. The Morgan fingerprint density at radius 3 is 2.19 bits per heavy atom. The van der Waals surface area contributed by atoms with Gasteiger partial charge in [-0.05, 0) is 33.0 Å². The number of hydrogen-bond donors (Lipinski definition) is 2. The lowest BCUT2D eigenvalue weighted by Gasteiger charge is -2.33. The topological polar surface area (TPSA) is 81.8 Å². The molecule has 2 rings (SSSR count). The lowest BCUT2D eigenvalue weighted by molar-refractivity contribution is -0.122. The largest absolute Gasteiger partial charge is 0.353 e. The van der Waals surface area contributed by atoms with Crippen LogP contribution in [0.5, 0.6) is 0 Å². The zero-order valence-corrected chi connectivity index (χ0v) is 18.4. The molecule has 1 amide bonds. The Kier molecular flexibility index (Phi) is 11.4. The fourth-order valence-electron chi connectivity index (χ4n) is 2.62. The van der Waals surface area contributed by atoms with E-state index in [0.29, 0.717) is 44.2 Å². The van der Waals surface area contributed by atoms with Crippen molar-refractivity contribution in [2.45, 2.75) is 24.8 Å². The molecule has 1 unspecified atom stereocenters. The molecule has 1 aromatic rings. The third kappa shape index (κ3) is 7.56. The Morgan fingerprint density at radius 1 is 1.11 bits per heavy atom. The minimum absolute atomic E-state index is 0. The number of nitrogens with zero attached hydrogens (tertiary/aromatic N) is 2. The van der Waals surface area contributed by atoms with Crippen LogP contribution in [0.3, 0.4) is 0 Å². The van der Waals surface area contributed by atoms with Crippen molar-refractivity contribution in [1.29, 1.82) is 0 Å². The standard InChI is InChI=1S/C17H28N4O3S.2ClH/c1-14-4-6-16(7-5-14)25(23,24)21-10-8-20(9-11-21)13-17(22)19-12-15(2)18-3;;/h4-7,15,18H,8-13H2,1-3H3,(H,19,22);2*1H. The highest BCUT2D eigenvalue weighted by molar-refractivity contribution is 7.89. The van der Waals surface area contributed by atoms with E-state index >= 15 is 0 Å². The molecule has 1 fully saturated rings. The van der Waals surface area contributed by atoms with Crippen molar-refractivity contribution in [2.24, 2.45) is 0 Å². The third-order valence-corrected chi connectivity index (χ3v) is 6.37. The Labute approximate surface area is 174 Å². The predicted octanol–water partition coefficient (Wildman–Crippen LogP) is 0.869. The number of rotatable bonds is 7. The number of aryl methyl sites for hydroxylation is 1. The summed E-state index contributed by atoms with van der Waals surface area (Å²) in [7, 11) is -1.61. The van der Waals surface area contributed by atoms with E-state index in [0.717, 1.165) is 5.56 Å². The SMILES string of the molecule is CNC(C)CNC(=O)CN1CCN(S(=O)(=O)c2ccc(C)cc2)CC1.Cl.Cl.